The lowest BCUT2D eigenvalue weighted by molar-refractivity contribution is 0.454. The van der Waals surface area contributed by atoms with Crippen molar-refractivity contribution in [3.63, 3.8) is 0 Å². The molecule has 4 rings (SSSR count). The summed E-state index contributed by atoms with van der Waals surface area (Å²) in [4.78, 5) is 4.23. The maximum absolute atomic E-state index is 13.7. The fraction of sp³-hybridized carbons (Fsp3) is 0.136. The van der Waals surface area contributed by atoms with Crippen molar-refractivity contribution in [3.8, 4) is 17.4 Å². The largest absolute Gasteiger partial charge is 0.438 e. The molecule has 0 atom stereocenters. The molecule has 33 heavy (non-hydrogen) atoms. The van der Waals surface area contributed by atoms with E-state index in [0.29, 0.717) is 11.6 Å². The number of ether oxygens (including phenoxy) is 1. The highest BCUT2D eigenvalue weighted by Crippen LogP contribution is 2.23. The van der Waals surface area contributed by atoms with Gasteiger partial charge in [-0.2, -0.15) is 0 Å². The molecule has 2 aromatic heterocycles. The number of rotatable bonds is 7. The summed E-state index contributed by atoms with van der Waals surface area (Å²) in [6, 6.07) is 12.1. The quantitative estimate of drug-likeness (QED) is 0.432. The van der Waals surface area contributed by atoms with Gasteiger partial charge in [-0.15, -0.1) is 10.2 Å². The van der Waals surface area contributed by atoms with Gasteiger partial charge in [-0.25, -0.2) is 22.2 Å². The molecule has 0 bridgehead atoms. The Morgan fingerprint density at radius 3 is 2.39 bits per heavy atom. The van der Waals surface area contributed by atoms with Crippen LogP contribution in [-0.4, -0.2) is 28.2 Å². The molecule has 2 aromatic carbocycles. The van der Waals surface area contributed by atoms with E-state index in [2.05, 4.69) is 19.9 Å². The monoisotopic (exact) mass is 471 g/mol. The first-order valence-electron chi connectivity index (χ1n) is 9.77. The lowest BCUT2D eigenvalue weighted by atomic mass is 10.2. The number of anilines is 1. The number of hydrogen-bond acceptors (Lipinski definition) is 6. The van der Waals surface area contributed by atoms with E-state index in [0.717, 1.165) is 29.6 Å². The van der Waals surface area contributed by atoms with Crippen molar-refractivity contribution in [2.45, 2.75) is 19.6 Å². The summed E-state index contributed by atoms with van der Waals surface area (Å²) in [6.07, 6.45) is 1.66. The van der Waals surface area contributed by atoms with Gasteiger partial charge in [0.25, 0.3) is 0 Å². The van der Waals surface area contributed by atoms with Gasteiger partial charge in [-0.1, -0.05) is 0 Å². The van der Waals surface area contributed by atoms with Crippen LogP contribution in [-0.2, 0) is 15.8 Å². The van der Waals surface area contributed by atoms with Crippen LogP contribution in [0.15, 0.2) is 60.9 Å². The molecule has 0 fully saturated rings. The smallest absolute Gasteiger partial charge is 0.238 e. The van der Waals surface area contributed by atoms with Crippen molar-refractivity contribution in [3.05, 3.63) is 89.5 Å². The zero-order chi connectivity index (χ0) is 23.6. The van der Waals surface area contributed by atoms with E-state index in [9.17, 15) is 17.2 Å². The molecule has 170 valence electrons. The highest BCUT2D eigenvalue weighted by Gasteiger charge is 2.16. The third kappa shape index (κ3) is 5.32. The second-order valence-corrected chi connectivity index (χ2v) is 8.96. The van der Waals surface area contributed by atoms with Gasteiger partial charge in [0.2, 0.25) is 15.9 Å². The van der Waals surface area contributed by atoms with E-state index in [1.54, 1.807) is 30.6 Å². The van der Waals surface area contributed by atoms with E-state index in [1.165, 1.54) is 12.1 Å². The topological polar surface area (TPSA) is 99.0 Å². The SMILES string of the molecule is Cc1ncn(-c2ccc(Oc3ccc(NS(=O)(=O)Cc4cc(F)ccc4F)cc3)nn2)c1C. The van der Waals surface area contributed by atoms with E-state index in [1.807, 2.05) is 18.4 Å². The molecular formula is C22H19F2N5O3S. The van der Waals surface area contributed by atoms with Gasteiger partial charge in [-0.3, -0.25) is 9.29 Å². The van der Waals surface area contributed by atoms with Crippen LogP contribution in [0.1, 0.15) is 17.0 Å². The van der Waals surface area contributed by atoms with Crippen molar-refractivity contribution < 1.29 is 21.9 Å². The van der Waals surface area contributed by atoms with E-state index in [-0.39, 0.29) is 17.1 Å². The zero-order valence-electron chi connectivity index (χ0n) is 17.7. The van der Waals surface area contributed by atoms with Crippen LogP contribution in [0.25, 0.3) is 5.82 Å². The van der Waals surface area contributed by atoms with Gasteiger partial charge < -0.3 is 4.74 Å². The van der Waals surface area contributed by atoms with Crippen molar-refractivity contribution in [1.29, 1.82) is 0 Å². The summed E-state index contributed by atoms with van der Waals surface area (Å²) in [5, 5.41) is 8.18. The predicted molar refractivity (Wildman–Crippen MR) is 118 cm³/mol. The molecule has 0 saturated carbocycles. The minimum absolute atomic E-state index is 0.242. The number of benzene rings is 2. The third-order valence-corrected chi connectivity index (χ3v) is 6.07. The Balaban J connectivity index is 1.41. The summed E-state index contributed by atoms with van der Waals surface area (Å²) < 4.78 is 61.5. The molecule has 0 spiro atoms. The van der Waals surface area contributed by atoms with E-state index in [4.69, 9.17) is 4.74 Å². The van der Waals surface area contributed by atoms with Crippen molar-refractivity contribution in [1.82, 2.24) is 19.7 Å². The molecule has 0 radical (unpaired) electrons. The predicted octanol–water partition coefficient (Wildman–Crippen LogP) is 4.29. The van der Waals surface area contributed by atoms with Gasteiger partial charge in [0.1, 0.15) is 23.7 Å². The van der Waals surface area contributed by atoms with Crippen LogP contribution in [0.5, 0.6) is 11.6 Å². The highest BCUT2D eigenvalue weighted by atomic mass is 32.2. The Morgan fingerprint density at radius 2 is 1.76 bits per heavy atom. The molecule has 0 aliphatic rings. The number of halogens is 2. The molecule has 0 aliphatic carbocycles. The Bertz CT molecular complexity index is 1390. The van der Waals surface area contributed by atoms with Crippen LogP contribution in [0, 0.1) is 25.5 Å². The fourth-order valence-electron chi connectivity index (χ4n) is 3.01. The summed E-state index contributed by atoms with van der Waals surface area (Å²) >= 11 is 0. The van der Waals surface area contributed by atoms with Crippen molar-refractivity contribution in [2.75, 3.05) is 4.72 Å². The minimum atomic E-state index is -3.96. The normalized spacial score (nSPS) is 11.4. The number of imidazole rings is 1. The van der Waals surface area contributed by atoms with Gasteiger partial charge in [0.05, 0.1) is 11.4 Å². The first kappa shape index (κ1) is 22.3. The molecule has 0 aliphatic heterocycles. The number of nitrogens with zero attached hydrogens (tertiary/aromatic N) is 4. The first-order chi connectivity index (χ1) is 15.7. The molecule has 8 nitrogen and oxygen atoms in total. The second-order valence-electron chi connectivity index (χ2n) is 7.24. The highest BCUT2D eigenvalue weighted by molar-refractivity contribution is 7.91. The average Bonchev–Trinajstić information content (AvgIpc) is 3.11. The third-order valence-electron chi connectivity index (χ3n) is 4.83. The molecule has 0 saturated heterocycles. The van der Waals surface area contributed by atoms with E-state index >= 15 is 0 Å². The molecule has 4 aromatic rings. The Morgan fingerprint density at radius 1 is 1.00 bits per heavy atom. The molecule has 2 heterocycles. The van der Waals surface area contributed by atoms with Gasteiger partial charge in [0.15, 0.2) is 5.82 Å². The summed E-state index contributed by atoms with van der Waals surface area (Å²) in [5.41, 5.74) is 1.84. The number of hydrogen-bond donors (Lipinski definition) is 1. The number of nitrogens with one attached hydrogen (secondary N) is 1. The van der Waals surface area contributed by atoms with E-state index < -0.39 is 27.4 Å². The molecule has 0 unspecified atom stereocenters. The average molecular weight is 471 g/mol. The van der Waals surface area contributed by atoms with Crippen LogP contribution in [0.3, 0.4) is 0 Å². The number of aryl methyl sites for hydroxylation is 1. The van der Waals surface area contributed by atoms with Crippen molar-refractivity contribution in [2.24, 2.45) is 0 Å². The summed E-state index contributed by atoms with van der Waals surface area (Å²) in [7, 11) is -3.96. The minimum Gasteiger partial charge on any atom is -0.438 e. The molecule has 1 N–H and O–H groups in total. The Labute approximate surface area is 188 Å². The lowest BCUT2D eigenvalue weighted by Gasteiger charge is -2.10. The maximum Gasteiger partial charge on any atom is 0.238 e. The van der Waals surface area contributed by atoms with Crippen LogP contribution in [0.2, 0.25) is 0 Å². The van der Waals surface area contributed by atoms with Crippen molar-refractivity contribution >= 4 is 15.7 Å². The molecule has 0 amide bonds. The Kier molecular flexibility index (Phi) is 6.05. The van der Waals surface area contributed by atoms with Gasteiger partial charge in [0, 0.05) is 23.0 Å². The maximum atomic E-state index is 13.7. The van der Waals surface area contributed by atoms with Crippen LogP contribution in [0.4, 0.5) is 14.5 Å². The number of sulfonamides is 1. The van der Waals surface area contributed by atoms with Crippen LogP contribution >= 0.6 is 0 Å². The second kappa shape index (κ2) is 8.94. The van der Waals surface area contributed by atoms with Gasteiger partial charge in [-0.05, 0) is 62.4 Å². The lowest BCUT2D eigenvalue weighted by Crippen LogP contribution is -2.16. The number of aromatic nitrogens is 4. The fourth-order valence-corrected chi connectivity index (χ4v) is 4.21. The van der Waals surface area contributed by atoms with Gasteiger partial charge >= 0.3 is 0 Å². The molecular weight excluding hydrogens is 452 g/mol. The Hall–Kier alpha value is -3.86. The zero-order valence-corrected chi connectivity index (χ0v) is 18.5. The summed E-state index contributed by atoms with van der Waals surface area (Å²) in [6.45, 7) is 3.83. The first-order valence-corrected chi connectivity index (χ1v) is 11.4. The van der Waals surface area contributed by atoms with Crippen LogP contribution < -0.4 is 9.46 Å². The molecule has 11 heteroatoms. The summed E-state index contributed by atoms with van der Waals surface area (Å²) in [5.74, 6) is -0.952. The standard InChI is InChI=1S/C22H19F2N5O3S/c1-14-15(2)29(13-25-14)21-9-10-22(27-26-21)32-19-6-4-18(5-7-19)28-33(30,31)12-16-11-17(23)3-8-20(16)24/h3-11,13,28H,12H2,1-2H3.